The van der Waals surface area contributed by atoms with E-state index < -0.39 is 0 Å². The first kappa shape index (κ1) is 53.8. The third-order valence-electron chi connectivity index (χ3n) is 13.9. The molecule has 0 radical (unpaired) electrons. The molecule has 12 aromatic carbocycles. The molecule has 12 rings (SSSR count). The van der Waals surface area contributed by atoms with Crippen molar-refractivity contribution in [2.45, 2.75) is 0 Å². The Hall–Kier alpha value is -11.1. The summed E-state index contributed by atoms with van der Waals surface area (Å²) in [7, 11) is 0. The van der Waals surface area contributed by atoms with Gasteiger partial charge in [-0.25, -0.2) is 10.0 Å². The van der Waals surface area contributed by atoms with Gasteiger partial charge in [-0.3, -0.25) is 0 Å². The number of hydrazone groups is 2. The summed E-state index contributed by atoms with van der Waals surface area (Å²) in [6, 6.07) is 119. The predicted molar refractivity (Wildman–Crippen MR) is 353 cm³/mol. The van der Waals surface area contributed by atoms with Crippen LogP contribution in [0.1, 0.15) is 44.5 Å². The Balaban J connectivity index is 0.000000183. The number of para-hydroxylation sites is 5. The van der Waals surface area contributed by atoms with Crippen LogP contribution in [0, 0.1) is 0 Å². The highest BCUT2D eigenvalue weighted by Crippen LogP contribution is 2.36. The average molecular weight is 1070 g/mol. The number of rotatable bonds is 17. The molecule has 0 saturated heterocycles. The van der Waals surface area contributed by atoms with E-state index in [-0.39, 0.29) is 0 Å². The van der Waals surface area contributed by atoms with Crippen molar-refractivity contribution in [1.82, 2.24) is 0 Å². The smallest absolute Gasteiger partial charge is 0.0652 e. The molecule has 0 spiro atoms. The average Bonchev–Trinajstić information content (AvgIpc) is 3.66. The summed E-state index contributed by atoms with van der Waals surface area (Å²) in [5, 5.41) is 13.6. The zero-order chi connectivity index (χ0) is 56.1. The number of benzene rings is 12. The second-order valence-corrected chi connectivity index (χ2v) is 19.6. The van der Waals surface area contributed by atoms with Crippen LogP contribution in [0.2, 0.25) is 0 Å². The molecule has 0 unspecified atom stereocenters. The van der Waals surface area contributed by atoms with Crippen molar-refractivity contribution in [2.24, 2.45) is 10.2 Å². The highest BCUT2D eigenvalue weighted by atomic mass is 15.5. The standard InChI is InChI=1S/C45H35N3.C33H26N2/c1-6-16-38(17-7-1)45(39-18-8-2-9-19-39)34-36-26-30-41(31-27-36)47(40-20-10-3-11-21-40)42-32-28-37(29-33-42)35-46-48(43-22-12-4-13-23-43)44-24-14-5-15-25-44;1-5-13-29(14-6-1)33(30-15-7-2-8-16-30)25-27-21-23-28(24-22-27)26-34-35(31-17-9-3-10-18-31)32-19-11-4-12-20-32/h1-35H;1-26H. The van der Waals surface area contributed by atoms with Crippen LogP contribution in [0.5, 0.6) is 0 Å². The van der Waals surface area contributed by atoms with Gasteiger partial charge >= 0.3 is 0 Å². The van der Waals surface area contributed by atoms with Gasteiger partial charge in [0.25, 0.3) is 0 Å². The van der Waals surface area contributed by atoms with Gasteiger partial charge in [0.15, 0.2) is 0 Å². The van der Waals surface area contributed by atoms with Gasteiger partial charge in [0.2, 0.25) is 0 Å². The van der Waals surface area contributed by atoms with E-state index in [1.54, 1.807) is 0 Å². The van der Waals surface area contributed by atoms with Gasteiger partial charge in [-0.05, 0) is 153 Å². The molecule has 12 aromatic rings. The fourth-order valence-corrected chi connectivity index (χ4v) is 9.69. The first-order valence-electron chi connectivity index (χ1n) is 27.9. The largest absolute Gasteiger partial charge is 0.311 e. The van der Waals surface area contributed by atoms with Gasteiger partial charge in [0, 0.05) is 17.1 Å². The first-order valence-corrected chi connectivity index (χ1v) is 27.9. The summed E-state index contributed by atoms with van der Waals surface area (Å²) in [6.07, 6.45) is 8.33. The van der Waals surface area contributed by atoms with Crippen molar-refractivity contribution in [3.63, 3.8) is 0 Å². The molecule has 83 heavy (non-hydrogen) atoms. The Morgan fingerprint density at radius 2 is 0.410 bits per heavy atom. The molecule has 0 saturated carbocycles. The van der Waals surface area contributed by atoms with E-state index in [9.17, 15) is 0 Å². The molecule has 0 heterocycles. The zero-order valence-corrected chi connectivity index (χ0v) is 46.0. The third-order valence-corrected chi connectivity index (χ3v) is 13.9. The lowest BCUT2D eigenvalue weighted by Crippen LogP contribution is -2.10. The number of anilines is 7. The molecular weight excluding hydrogens is 1010 g/mol. The maximum atomic E-state index is 4.89. The molecule has 0 atom stereocenters. The minimum Gasteiger partial charge on any atom is -0.311 e. The SMILES string of the molecule is C(=NN(c1ccccc1)c1ccccc1)c1ccc(C=C(c2ccccc2)c2ccccc2)cc1.C(=NN(c1ccccc1)c1ccccc1)c1ccc(N(c2ccccc2)c2ccc(C=C(c3ccccc3)c3ccccc3)cc2)cc1. The Morgan fingerprint density at radius 1 is 0.205 bits per heavy atom. The Bertz CT molecular complexity index is 3830. The summed E-state index contributed by atoms with van der Waals surface area (Å²) in [5.41, 5.74) is 18.8. The van der Waals surface area contributed by atoms with Crippen LogP contribution in [0.3, 0.4) is 0 Å². The second kappa shape index (κ2) is 27.6. The van der Waals surface area contributed by atoms with E-state index >= 15 is 0 Å². The number of hydrogen-bond acceptors (Lipinski definition) is 5. The maximum absolute atomic E-state index is 4.89. The number of nitrogens with zero attached hydrogens (tertiary/aromatic N) is 5. The minimum absolute atomic E-state index is 1.00. The molecule has 0 amide bonds. The van der Waals surface area contributed by atoms with Gasteiger partial charge in [-0.1, -0.05) is 261 Å². The first-order chi connectivity index (χ1) is 41.2. The minimum atomic E-state index is 1.00. The van der Waals surface area contributed by atoms with E-state index in [1.807, 2.05) is 95.2 Å². The van der Waals surface area contributed by atoms with Crippen LogP contribution < -0.4 is 14.9 Å². The van der Waals surface area contributed by atoms with Gasteiger partial charge in [-0.15, -0.1) is 0 Å². The lowest BCUT2D eigenvalue weighted by atomic mass is 9.95. The fourth-order valence-electron chi connectivity index (χ4n) is 9.69. The molecule has 0 fully saturated rings. The molecule has 5 nitrogen and oxygen atoms in total. The third kappa shape index (κ3) is 14.4. The Kier molecular flexibility index (Phi) is 17.9. The topological polar surface area (TPSA) is 34.4 Å². The second-order valence-electron chi connectivity index (χ2n) is 19.6. The van der Waals surface area contributed by atoms with E-state index in [4.69, 9.17) is 10.2 Å². The van der Waals surface area contributed by atoms with Crippen molar-refractivity contribution in [3.05, 3.63) is 390 Å². The van der Waals surface area contributed by atoms with Gasteiger partial charge in [-0.2, -0.15) is 10.2 Å². The maximum Gasteiger partial charge on any atom is 0.0652 e. The van der Waals surface area contributed by atoms with Crippen LogP contribution in [-0.4, -0.2) is 12.4 Å². The summed E-state index contributed by atoms with van der Waals surface area (Å²) < 4.78 is 0. The summed E-state index contributed by atoms with van der Waals surface area (Å²) in [5.74, 6) is 0. The molecule has 0 aliphatic heterocycles. The Labute approximate surface area is 488 Å². The van der Waals surface area contributed by atoms with Crippen LogP contribution in [0.4, 0.5) is 39.8 Å². The van der Waals surface area contributed by atoms with E-state index in [2.05, 4.69) is 290 Å². The van der Waals surface area contributed by atoms with E-state index in [0.717, 1.165) is 62.1 Å². The van der Waals surface area contributed by atoms with Gasteiger partial charge in [0.05, 0.1) is 35.2 Å². The fraction of sp³-hybridized carbons (Fsp3) is 0. The molecule has 398 valence electrons. The molecule has 0 aromatic heterocycles. The molecule has 0 aliphatic carbocycles. The lowest BCUT2D eigenvalue weighted by molar-refractivity contribution is 1.09. The van der Waals surface area contributed by atoms with Gasteiger partial charge < -0.3 is 4.90 Å². The van der Waals surface area contributed by atoms with Crippen molar-refractivity contribution in [3.8, 4) is 0 Å². The highest BCUT2D eigenvalue weighted by molar-refractivity contribution is 5.93. The summed E-state index contributed by atoms with van der Waals surface area (Å²) >= 11 is 0. The van der Waals surface area contributed by atoms with Crippen LogP contribution in [-0.2, 0) is 0 Å². The summed E-state index contributed by atoms with van der Waals surface area (Å²) in [4.78, 5) is 2.28. The molecule has 0 N–H and O–H groups in total. The van der Waals surface area contributed by atoms with Crippen LogP contribution in [0.25, 0.3) is 23.3 Å². The normalized spacial score (nSPS) is 10.8. The molecule has 0 bridgehead atoms. The van der Waals surface area contributed by atoms with Crippen molar-refractivity contribution in [2.75, 3.05) is 14.9 Å². The van der Waals surface area contributed by atoms with Crippen LogP contribution >= 0.6 is 0 Å². The van der Waals surface area contributed by atoms with Crippen LogP contribution in [0.15, 0.2) is 356 Å². The monoisotopic (exact) mass is 1070 g/mol. The number of hydrogen-bond donors (Lipinski definition) is 0. The molecule has 5 heteroatoms. The highest BCUT2D eigenvalue weighted by Gasteiger charge is 2.14. The zero-order valence-electron chi connectivity index (χ0n) is 46.0. The van der Waals surface area contributed by atoms with Crippen molar-refractivity contribution in [1.29, 1.82) is 0 Å². The van der Waals surface area contributed by atoms with Gasteiger partial charge in [0.1, 0.15) is 0 Å². The molecular formula is C78H61N5. The van der Waals surface area contributed by atoms with E-state index in [0.29, 0.717) is 0 Å². The Morgan fingerprint density at radius 3 is 0.687 bits per heavy atom. The van der Waals surface area contributed by atoms with Crippen molar-refractivity contribution < 1.29 is 0 Å². The molecule has 0 aliphatic rings. The summed E-state index contributed by atoms with van der Waals surface area (Å²) in [6.45, 7) is 0. The quantitative estimate of drug-likeness (QED) is 0.0518. The van der Waals surface area contributed by atoms with E-state index in [1.165, 1.54) is 33.4 Å². The van der Waals surface area contributed by atoms with Crippen molar-refractivity contribution >= 4 is 75.5 Å². The lowest BCUT2D eigenvalue weighted by Gasteiger charge is -2.25. The predicted octanol–water partition coefficient (Wildman–Crippen LogP) is 20.4.